The highest BCUT2D eigenvalue weighted by Crippen LogP contribution is 2.24. The summed E-state index contributed by atoms with van der Waals surface area (Å²) in [5, 5.41) is 2.49. The van der Waals surface area contributed by atoms with E-state index in [1.165, 1.54) is 4.31 Å². The van der Waals surface area contributed by atoms with Crippen molar-refractivity contribution in [3.8, 4) is 0 Å². The Kier molecular flexibility index (Phi) is 9.38. The molecule has 1 aromatic carbocycles. The Bertz CT molecular complexity index is 899. The van der Waals surface area contributed by atoms with Gasteiger partial charge in [0, 0.05) is 26.1 Å². The molecule has 1 aliphatic heterocycles. The van der Waals surface area contributed by atoms with E-state index in [0.717, 1.165) is 24.6 Å². The first kappa shape index (κ1) is 24.7. The first-order valence-corrected chi connectivity index (χ1v) is 11.6. The van der Waals surface area contributed by atoms with E-state index in [1.54, 1.807) is 6.92 Å². The van der Waals surface area contributed by atoms with Crippen molar-refractivity contribution in [3.63, 3.8) is 0 Å². The summed E-state index contributed by atoms with van der Waals surface area (Å²) < 4.78 is 50.5. The standard InChI is InChI=1S/C20H27FN2O7S/c1-2-29-19(25)7-6-10-22-18(24)14-30-20(26)15-8-9-16(21)17(13-15)31(27,28)23-11-4-3-5-12-23/h8-9,13H,2-7,10-12,14H2,1H3,(H,22,24). The van der Waals surface area contributed by atoms with Crippen molar-refractivity contribution in [2.75, 3.05) is 32.8 Å². The molecule has 1 amide bonds. The molecule has 1 saturated heterocycles. The summed E-state index contributed by atoms with van der Waals surface area (Å²) >= 11 is 0. The predicted octanol–water partition coefficient (Wildman–Crippen LogP) is 1.62. The third-order valence-electron chi connectivity index (χ3n) is 4.62. The normalized spacial score (nSPS) is 14.6. The van der Waals surface area contributed by atoms with Gasteiger partial charge in [-0.1, -0.05) is 6.42 Å². The fraction of sp³-hybridized carbons (Fsp3) is 0.550. The number of sulfonamides is 1. The number of ether oxygens (including phenoxy) is 2. The van der Waals surface area contributed by atoms with Crippen LogP contribution < -0.4 is 5.32 Å². The topological polar surface area (TPSA) is 119 Å². The molecule has 1 aromatic rings. The van der Waals surface area contributed by atoms with E-state index in [1.807, 2.05) is 0 Å². The van der Waals surface area contributed by atoms with E-state index in [2.05, 4.69) is 5.32 Å². The first-order chi connectivity index (χ1) is 14.8. The zero-order valence-corrected chi connectivity index (χ0v) is 18.2. The van der Waals surface area contributed by atoms with Gasteiger partial charge in [-0.25, -0.2) is 17.6 Å². The van der Waals surface area contributed by atoms with E-state index >= 15 is 0 Å². The Morgan fingerprint density at radius 1 is 1.13 bits per heavy atom. The molecule has 0 spiro atoms. The lowest BCUT2D eigenvalue weighted by molar-refractivity contribution is -0.143. The number of rotatable bonds is 10. The monoisotopic (exact) mass is 458 g/mol. The molecule has 9 nitrogen and oxygen atoms in total. The minimum Gasteiger partial charge on any atom is -0.466 e. The van der Waals surface area contributed by atoms with Gasteiger partial charge < -0.3 is 14.8 Å². The van der Waals surface area contributed by atoms with Crippen LogP contribution in [0, 0.1) is 5.82 Å². The second kappa shape index (κ2) is 11.8. The number of esters is 2. The van der Waals surface area contributed by atoms with Crippen molar-refractivity contribution < 1.29 is 36.7 Å². The third kappa shape index (κ3) is 7.28. The molecular weight excluding hydrogens is 431 g/mol. The van der Waals surface area contributed by atoms with E-state index in [0.29, 0.717) is 32.4 Å². The average Bonchev–Trinajstić information content (AvgIpc) is 2.76. The van der Waals surface area contributed by atoms with Crippen LogP contribution in [-0.2, 0) is 29.1 Å². The third-order valence-corrected chi connectivity index (χ3v) is 6.53. The molecule has 0 saturated carbocycles. The molecule has 1 aliphatic rings. The van der Waals surface area contributed by atoms with Crippen molar-refractivity contribution in [1.29, 1.82) is 0 Å². The van der Waals surface area contributed by atoms with Crippen LogP contribution in [0.15, 0.2) is 23.1 Å². The zero-order valence-electron chi connectivity index (χ0n) is 17.4. The van der Waals surface area contributed by atoms with Gasteiger partial charge in [0.1, 0.15) is 10.7 Å². The SMILES string of the molecule is CCOC(=O)CCCNC(=O)COC(=O)c1ccc(F)c(S(=O)(=O)N2CCCCC2)c1. The molecule has 1 N–H and O–H groups in total. The maximum absolute atomic E-state index is 14.2. The van der Waals surface area contributed by atoms with E-state index in [9.17, 15) is 27.2 Å². The quantitative estimate of drug-likeness (QED) is 0.418. The van der Waals surface area contributed by atoms with Crippen LogP contribution in [0.4, 0.5) is 4.39 Å². The summed E-state index contributed by atoms with van der Waals surface area (Å²) in [5.41, 5.74) is -0.174. The van der Waals surface area contributed by atoms with E-state index in [-0.39, 0.29) is 31.1 Å². The van der Waals surface area contributed by atoms with Crippen LogP contribution in [0.5, 0.6) is 0 Å². The van der Waals surface area contributed by atoms with Crippen LogP contribution in [0.2, 0.25) is 0 Å². The molecule has 0 aromatic heterocycles. The number of hydrogen-bond donors (Lipinski definition) is 1. The van der Waals surface area contributed by atoms with Crippen molar-refractivity contribution in [2.24, 2.45) is 0 Å². The lowest BCUT2D eigenvalue weighted by Crippen LogP contribution is -2.36. The highest BCUT2D eigenvalue weighted by Gasteiger charge is 2.29. The molecule has 0 bridgehead atoms. The summed E-state index contributed by atoms with van der Waals surface area (Å²) in [7, 11) is -4.07. The number of nitrogens with one attached hydrogen (secondary N) is 1. The lowest BCUT2D eigenvalue weighted by atomic mass is 10.2. The Morgan fingerprint density at radius 2 is 1.84 bits per heavy atom. The zero-order chi connectivity index (χ0) is 22.9. The van der Waals surface area contributed by atoms with Crippen LogP contribution in [0.25, 0.3) is 0 Å². The van der Waals surface area contributed by atoms with Gasteiger partial charge in [0.05, 0.1) is 12.2 Å². The molecule has 31 heavy (non-hydrogen) atoms. The molecule has 0 aliphatic carbocycles. The summed E-state index contributed by atoms with van der Waals surface area (Å²) in [6.07, 6.45) is 2.81. The van der Waals surface area contributed by atoms with E-state index < -0.39 is 39.2 Å². The number of benzene rings is 1. The molecule has 1 fully saturated rings. The Balaban J connectivity index is 1.90. The molecular formula is C20H27FN2O7S. The van der Waals surface area contributed by atoms with E-state index in [4.69, 9.17) is 9.47 Å². The maximum Gasteiger partial charge on any atom is 0.338 e. The van der Waals surface area contributed by atoms with Crippen molar-refractivity contribution >= 4 is 27.9 Å². The lowest BCUT2D eigenvalue weighted by Gasteiger charge is -2.26. The fourth-order valence-corrected chi connectivity index (χ4v) is 4.64. The molecule has 11 heteroatoms. The second-order valence-corrected chi connectivity index (χ2v) is 8.85. The number of nitrogens with zero attached hydrogens (tertiary/aromatic N) is 1. The molecule has 2 rings (SSSR count). The minimum absolute atomic E-state index is 0.151. The van der Waals surface area contributed by atoms with Gasteiger partial charge >= 0.3 is 11.9 Å². The Morgan fingerprint density at radius 3 is 2.52 bits per heavy atom. The number of piperidine rings is 1. The fourth-order valence-electron chi connectivity index (χ4n) is 3.03. The highest BCUT2D eigenvalue weighted by atomic mass is 32.2. The minimum atomic E-state index is -4.07. The predicted molar refractivity (Wildman–Crippen MR) is 108 cm³/mol. The van der Waals surface area contributed by atoms with Gasteiger partial charge in [-0.3, -0.25) is 9.59 Å². The Labute approximate surface area is 180 Å². The van der Waals surface area contributed by atoms with Gasteiger partial charge in [-0.15, -0.1) is 0 Å². The summed E-state index contributed by atoms with van der Waals surface area (Å²) in [6.45, 7) is 2.18. The smallest absolute Gasteiger partial charge is 0.338 e. The number of halogens is 1. The molecule has 0 unspecified atom stereocenters. The van der Waals surface area contributed by atoms with Gasteiger partial charge in [-0.2, -0.15) is 4.31 Å². The average molecular weight is 459 g/mol. The van der Waals surface area contributed by atoms with Crippen LogP contribution in [0.3, 0.4) is 0 Å². The first-order valence-electron chi connectivity index (χ1n) is 10.1. The Hall–Kier alpha value is -2.53. The molecule has 0 atom stereocenters. The molecule has 172 valence electrons. The number of carbonyl (C=O) groups is 3. The number of amides is 1. The summed E-state index contributed by atoms with van der Waals surface area (Å²) in [5.74, 6) is -2.85. The maximum atomic E-state index is 14.2. The second-order valence-electron chi connectivity index (χ2n) is 6.94. The number of carbonyl (C=O) groups excluding carboxylic acids is 3. The van der Waals surface area contributed by atoms with Crippen LogP contribution in [-0.4, -0.2) is 63.4 Å². The van der Waals surface area contributed by atoms with Crippen LogP contribution >= 0.6 is 0 Å². The van der Waals surface area contributed by atoms with Crippen molar-refractivity contribution in [2.45, 2.75) is 43.9 Å². The molecule has 1 heterocycles. The van der Waals surface area contributed by atoms with Crippen molar-refractivity contribution in [3.05, 3.63) is 29.6 Å². The number of hydrogen-bond acceptors (Lipinski definition) is 7. The molecule has 0 radical (unpaired) electrons. The van der Waals surface area contributed by atoms with Crippen molar-refractivity contribution in [1.82, 2.24) is 9.62 Å². The summed E-state index contributed by atoms with van der Waals surface area (Å²) in [6, 6.07) is 2.92. The highest BCUT2D eigenvalue weighted by molar-refractivity contribution is 7.89. The van der Waals surface area contributed by atoms with Gasteiger partial charge in [0.15, 0.2) is 6.61 Å². The van der Waals surface area contributed by atoms with Gasteiger partial charge in [0.2, 0.25) is 10.0 Å². The van der Waals surface area contributed by atoms with Crippen LogP contribution in [0.1, 0.15) is 49.4 Å². The van der Waals surface area contributed by atoms with Gasteiger partial charge in [0.25, 0.3) is 5.91 Å². The summed E-state index contributed by atoms with van der Waals surface area (Å²) in [4.78, 5) is 34.6. The largest absolute Gasteiger partial charge is 0.466 e. The van der Waals surface area contributed by atoms with Gasteiger partial charge in [-0.05, 0) is 44.4 Å².